The predicted octanol–water partition coefficient (Wildman–Crippen LogP) is 3.75. The predicted molar refractivity (Wildman–Crippen MR) is 116 cm³/mol. The van der Waals surface area contributed by atoms with Crippen LogP contribution in [-0.2, 0) is 30.3 Å². The second-order valence-electron chi connectivity index (χ2n) is 6.92. The lowest BCUT2D eigenvalue weighted by Gasteiger charge is -2.29. The van der Waals surface area contributed by atoms with Gasteiger partial charge in [-0.1, -0.05) is 60.7 Å². The zero-order valence-corrected chi connectivity index (χ0v) is 17.6. The summed E-state index contributed by atoms with van der Waals surface area (Å²) in [5.41, 5.74) is 1.98. The van der Waals surface area contributed by atoms with E-state index in [2.05, 4.69) is 0 Å². The second-order valence-corrected chi connectivity index (χ2v) is 6.92. The molecule has 1 aliphatic heterocycles. The van der Waals surface area contributed by atoms with Crippen LogP contribution in [0.3, 0.4) is 0 Å². The SMILES string of the molecule is CCOC(=O)C1=CN(C(=O)Cc2ccccc2)C=C(C(=O)OCC)C1c1ccccc1. The number of carbonyl (C=O) groups is 3. The summed E-state index contributed by atoms with van der Waals surface area (Å²) in [5, 5.41) is 0. The third-order valence-corrected chi connectivity index (χ3v) is 4.82. The molecule has 0 saturated carbocycles. The Kier molecular flexibility index (Phi) is 7.38. The molecule has 0 saturated heterocycles. The third-order valence-electron chi connectivity index (χ3n) is 4.82. The van der Waals surface area contributed by atoms with Crippen molar-refractivity contribution in [2.75, 3.05) is 13.2 Å². The third kappa shape index (κ3) is 5.28. The van der Waals surface area contributed by atoms with E-state index in [4.69, 9.17) is 9.47 Å². The number of nitrogens with zero attached hydrogens (tertiary/aromatic N) is 1. The Hall–Kier alpha value is -3.67. The fourth-order valence-corrected chi connectivity index (χ4v) is 3.43. The van der Waals surface area contributed by atoms with Crippen LogP contribution in [0.4, 0.5) is 0 Å². The molecule has 0 atom stereocenters. The van der Waals surface area contributed by atoms with Crippen molar-refractivity contribution >= 4 is 17.8 Å². The Morgan fingerprint density at radius 1 is 0.774 bits per heavy atom. The zero-order valence-electron chi connectivity index (χ0n) is 17.6. The molecule has 6 heteroatoms. The summed E-state index contributed by atoms with van der Waals surface area (Å²) in [6.07, 6.45) is 3.05. The van der Waals surface area contributed by atoms with Gasteiger partial charge in [-0.3, -0.25) is 9.69 Å². The van der Waals surface area contributed by atoms with Gasteiger partial charge in [0.05, 0.1) is 36.7 Å². The number of rotatable bonds is 7. The normalized spacial score (nSPS) is 13.8. The van der Waals surface area contributed by atoms with Crippen LogP contribution in [0.25, 0.3) is 0 Å². The lowest BCUT2D eigenvalue weighted by atomic mass is 9.83. The van der Waals surface area contributed by atoms with E-state index in [0.717, 1.165) is 11.1 Å². The molecule has 0 unspecified atom stereocenters. The fraction of sp³-hybridized carbons (Fsp3) is 0.240. The van der Waals surface area contributed by atoms with Crippen LogP contribution in [0.1, 0.15) is 30.9 Å². The lowest BCUT2D eigenvalue weighted by molar-refractivity contribution is -0.139. The average molecular weight is 419 g/mol. The van der Waals surface area contributed by atoms with E-state index in [1.807, 2.05) is 60.7 Å². The molecule has 2 aromatic carbocycles. The first-order valence-electron chi connectivity index (χ1n) is 10.2. The highest BCUT2D eigenvalue weighted by Crippen LogP contribution is 2.37. The van der Waals surface area contributed by atoms with Crippen LogP contribution in [0.15, 0.2) is 84.2 Å². The molecule has 0 aromatic heterocycles. The molecule has 0 N–H and O–H groups in total. The molecule has 3 rings (SSSR count). The minimum atomic E-state index is -0.694. The number of esters is 2. The molecule has 160 valence electrons. The Balaban J connectivity index is 2.05. The van der Waals surface area contributed by atoms with Crippen molar-refractivity contribution in [3.05, 3.63) is 95.3 Å². The van der Waals surface area contributed by atoms with Gasteiger partial charge >= 0.3 is 11.9 Å². The largest absolute Gasteiger partial charge is 0.463 e. The van der Waals surface area contributed by atoms with Crippen LogP contribution < -0.4 is 0 Å². The molecule has 0 radical (unpaired) electrons. The first kappa shape index (κ1) is 22.0. The van der Waals surface area contributed by atoms with Gasteiger partial charge in [-0.2, -0.15) is 0 Å². The lowest BCUT2D eigenvalue weighted by Crippen LogP contribution is -2.33. The van der Waals surface area contributed by atoms with Crippen molar-refractivity contribution in [1.82, 2.24) is 4.90 Å². The molecule has 0 aliphatic carbocycles. The van der Waals surface area contributed by atoms with Crippen molar-refractivity contribution in [2.45, 2.75) is 26.2 Å². The number of ether oxygens (including phenoxy) is 2. The number of carbonyl (C=O) groups excluding carboxylic acids is 3. The molecule has 2 aromatic rings. The van der Waals surface area contributed by atoms with Crippen molar-refractivity contribution in [2.24, 2.45) is 0 Å². The molecule has 1 amide bonds. The van der Waals surface area contributed by atoms with Crippen LogP contribution in [0.5, 0.6) is 0 Å². The molecule has 0 spiro atoms. The molecular weight excluding hydrogens is 394 g/mol. The van der Waals surface area contributed by atoms with Gasteiger partial charge in [0.1, 0.15) is 0 Å². The van der Waals surface area contributed by atoms with Gasteiger partial charge in [0.2, 0.25) is 5.91 Å². The molecule has 6 nitrogen and oxygen atoms in total. The minimum absolute atomic E-state index is 0.121. The number of amides is 1. The summed E-state index contributed by atoms with van der Waals surface area (Å²) in [6, 6.07) is 18.4. The molecule has 1 heterocycles. The van der Waals surface area contributed by atoms with E-state index in [-0.39, 0.29) is 36.7 Å². The number of benzene rings is 2. The van der Waals surface area contributed by atoms with Gasteiger partial charge in [0, 0.05) is 12.4 Å². The molecule has 31 heavy (non-hydrogen) atoms. The minimum Gasteiger partial charge on any atom is -0.463 e. The number of hydrogen-bond donors (Lipinski definition) is 0. The van der Waals surface area contributed by atoms with Gasteiger partial charge in [-0.15, -0.1) is 0 Å². The Bertz CT molecular complexity index is 959. The molecule has 0 bridgehead atoms. The molecule has 1 aliphatic rings. The highest BCUT2D eigenvalue weighted by atomic mass is 16.5. The second kappa shape index (κ2) is 10.4. The molecule has 0 fully saturated rings. The van der Waals surface area contributed by atoms with E-state index in [1.165, 1.54) is 17.3 Å². The van der Waals surface area contributed by atoms with E-state index in [0.29, 0.717) is 0 Å². The van der Waals surface area contributed by atoms with E-state index in [1.54, 1.807) is 13.8 Å². The smallest absolute Gasteiger partial charge is 0.336 e. The van der Waals surface area contributed by atoms with E-state index < -0.39 is 17.9 Å². The van der Waals surface area contributed by atoms with Crippen LogP contribution in [-0.4, -0.2) is 36.0 Å². The van der Waals surface area contributed by atoms with Crippen LogP contribution >= 0.6 is 0 Å². The number of hydrogen-bond acceptors (Lipinski definition) is 5. The summed E-state index contributed by atoms with van der Waals surface area (Å²) in [4.78, 5) is 39.9. The maximum Gasteiger partial charge on any atom is 0.336 e. The van der Waals surface area contributed by atoms with Crippen molar-refractivity contribution in [3.8, 4) is 0 Å². The summed E-state index contributed by atoms with van der Waals surface area (Å²) in [6.45, 7) is 3.76. The highest BCUT2D eigenvalue weighted by Gasteiger charge is 2.36. The van der Waals surface area contributed by atoms with Crippen LogP contribution in [0, 0.1) is 0 Å². The topological polar surface area (TPSA) is 72.9 Å². The Morgan fingerprint density at radius 3 is 1.74 bits per heavy atom. The summed E-state index contributed by atoms with van der Waals surface area (Å²) >= 11 is 0. The Morgan fingerprint density at radius 2 is 1.26 bits per heavy atom. The van der Waals surface area contributed by atoms with E-state index in [9.17, 15) is 14.4 Å². The van der Waals surface area contributed by atoms with Gasteiger partial charge < -0.3 is 9.47 Å². The summed E-state index contributed by atoms with van der Waals surface area (Å²) in [7, 11) is 0. The first-order chi connectivity index (χ1) is 15.0. The van der Waals surface area contributed by atoms with Gasteiger partial charge in [-0.25, -0.2) is 9.59 Å². The van der Waals surface area contributed by atoms with Gasteiger partial charge in [0.15, 0.2) is 0 Å². The first-order valence-corrected chi connectivity index (χ1v) is 10.2. The zero-order chi connectivity index (χ0) is 22.2. The molecular formula is C25H25NO5. The highest BCUT2D eigenvalue weighted by molar-refractivity contribution is 6.00. The fourth-order valence-electron chi connectivity index (χ4n) is 3.43. The van der Waals surface area contributed by atoms with Crippen molar-refractivity contribution < 1.29 is 23.9 Å². The van der Waals surface area contributed by atoms with Crippen molar-refractivity contribution in [1.29, 1.82) is 0 Å². The maximum atomic E-state index is 13.0. The quantitative estimate of drug-likeness (QED) is 0.639. The maximum absolute atomic E-state index is 13.0. The van der Waals surface area contributed by atoms with E-state index >= 15 is 0 Å². The Labute approximate surface area is 181 Å². The summed E-state index contributed by atoms with van der Waals surface area (Å²) in [5.74, 6) is -2.13. The summed E-state index contributed by atoms with van der Waals surface area (Å²) < 4.78 is 10.5. The van der Waals surface area contributed by atoms with Gasteiger partial charge in [-0.05, 0) is 25.0 Å². The van der Waals surface area contributed by atoms with Crippen molar-refractivity contribution in [3.63, 3.8) is 0 Å². The van der Waals surface area contributed by atoms with Crippen LogP contribution in [0.2, 0.25) is 0 Å². The monoisotopic (exact) mass is 419 g/mol. The van der Waals surface area contributed by atoms with Gasteiger partial charge in [0.25, 0.3) is 0 Å². The average Bonchev–Trinajstić information content (AvgIpc) is 2.79. The standard InChI is InChI=1S/C25H25NO5/c1-3-30-24(28)20-16-26(22(27)15-18-11-7-5-8-12-18)17-21(25(29)31-4-2)23(20)19-13-9-6-10-14-19/h5-14,16-17,23H,3-4,15H2,1-2H3.